The van der Waals surface area contributed by atoms with Gasteiger partial charge in [0, 0.05) is 10.0 Å². The molecule has 3 heteroatoms. The Hall–Kier alpha value is -2.13. The number of para-hydroxylation sites is 2. The Morgan fingerprint density at radius 3 is 2.50 bits per heavy atom. The molecule has 0 spiro atoms. The molecule has 1 aromatic heterocycles. The molecular formula is C17H11BrN2. The smallest absolute Gasteiger partial charge is 0.139 e. The highest BCUT2D eigenvalue weighted by Crippen LogP contribution is 2.31. The zero-order valence-electron chi connectivity index (χ0n) is 10.6. The molecule has 0 aliphatic carbocycles. The minimum Gasteiger partial charge on any atom is -0.338 e. The molecule has 0 fully saturated rings. The highest BCUT2D eigenvalue weighted by molar-refractivity contribution is 9.10. The number of halogens is 1. The first kappa shape index (κ1) is 11.7. The summed E-state index contributed by atoms with van der Waals surface area (Å²) in [6, 6.07) is 20.6. The summed E-state index contributed by atoms with van der Waals surface area (Å²) in [7, 11) is 0. The van der Waals surface area contributed by atoms with Crippen LogP contribution in [0.4, 0.5) is 0 Å². The Morgan fingerprint density at radius 1 is 0.800 bits per heavy atom. The van der Waals surface area contributed by atoms with Crippen LogP contribution in [0.2, 0.25) is 0 Å². The summed E-state index contributed by atoms with van der Waals surface area (Å²) >= 11 is 3.61. The number of fused-ring (bicyclic) bond motifs is 2. The summed E-state index contributed by atoms with van der Waals surface area (Å²) in [5.41, 5.74) is 3.18. The molecule has 0 aliphatic heterocycles. The minimum absolute atomic E-state index is 0.912. The van der Waals surface area contributed by atoms with Gasteiger partial charge in [0.2, 0.25) is 0 Å². The van der Waals surface area contributed by atoms with Crippen LogP contribution >= 0.6 is 15.9 Å². The SMILES string of the molecule is Brc1cccc2c(-c3nc4ccccc4[nH]3)cccc12. The van der Waals surface area contributed by atoms with Crippen LogP contribution in [0.3, 0.4) is 0 Å². The molecule has 96 valence electrons. The van der Waals surface area contributed by atoms with Gasteiger partial charge in [-0.25, -0.2) is 4.98 Å². The maximum atomic E-state index is 4.69. The third kappa shape index (κ3) is 1.74. The fourth-order valence-corrected chi connectivity index (χ4v) is 3.06. The second-order valence-corrected chi connectivity index (χ2v) is 5.60. The van der Waals surface area contributed by atoms with Gasteiger partial charge in [-0.05, 0) is 29.0 Å². The van der Waals surface area contributed by atoms with Crippen molar-refractivity contribution in [1.82, 2.24) is 9.97 Å². The van der Waals surface area contributed by atoms with Crippen LogP contribution < -0.4 is 0 Å². The molecule has 0 amide bonds. The summed E-state index contributed by atoms with van der Waals surface area (Å²) < 4.78 is 1.10. The minimum atomic E-state index is 0.912. The van der Waals surface area contributed by atoms with E-state index in [0.717, 1.165) is 26.9 Å². The second kappa shape index (κ2) is 4.46. The third-order valence-electron chi connectivity index (χ3n) is 3.51. The summed E-state index contributed by atoms with van der Waals surface area (Å²) in [6.45, 7) is 0. The molecule has 0 aliphatic rings. The van der Waals surface area contributed by atoms with Crippen LogP contribution in [0.1, 0.15) is 0 Å². The van der Waals surface area contributed by atoms with Crippen molar-refractivity contribution >= 4 is 37.7 Å². The number of nitrogens with zero attached hydrogens (tertiary/aromatic N) is 1. The summed E-state index contributed by atoms with van der Waals surface area (Å²) in [5, 5.41) is 2.39. The zero-order valence-corrected chi connectivity index (χ0v) is 12.2. The van der Waals surface area contributed by atoms with Gasteiger partial charge in [0.25, 0.3) is 0 Å². The summed E-state index contributed by atoms with van der Waals surface area (Å²) in [6.07, 6.45) is 0. The molecule has 4 rings (SSSR count). The number of aromatic amines is 1. The van der Waals surface area contributed by atoms with Gasteiger partial charge in [-0.15, -0.1) is 0 Å². The first-order valence-electron chi connectivity index (χ1n) is 6.45. The summed E-state index contributed by atoms with van der Waals surface area (Å²) in [5.74, 6) is 0.912. The van der Waals surface area contributed by atoms with E-state index in [0.29, 0.717) is 0 Å². The average Bonchev–Trinajstić information content (AvgIpc) is 2.91. The van der Waals surface area contributed by atoms with Gasteiger partial charge < -0.3 is 4.98 Å². The van der Waals surface area contributed by atoms with Gasteiger partial charge in [0.15, 0.2) is 0 Å². The van der Waals surface area contributed by atoms with E-state index in [1.165, 1.54) is 10.8 Å². The molecule has 0 unspecified atom stereocenters. The Labute approximate surface area is 124 Å². The number of hydrogen-bond donors (Lipinski definition) is 1. The Balaban J connectivity index is 2.04. The summed E-state index contributed by atoms with van der Waals surface area (Å²) in [4.78, 5) is 8.09. The molecular weight excluding hydrogens is 312 g/mol. The fraction of sp³-hybridized carbons (Fsp3) is 0. The highest BCUT2D eigenvalue weighted by Gasteiger charge is 2.09. The molecule has 0 bridgehead atoms. The molecule has 2 nitrogen and oxygen atoms in total. The molecule has 4 aromatic rings. The maximum absolute atomic E-state index is 4.69. The first-order valence-corrected chi connectivity index (χ1v) is 7.24. The number of H-pyrrole nitrogens is 1. The van der Waals surface area contributed by atoms with Crippen molar-refractivity contribution in [2.24, 2.45) is 0 Å². The largest absolute Gasteiger partial charge is 0.338 e. The molecule has 0 radical (unpaired) electrons. The molecule has 0 saturated carbocycles. The lowest BCUT2D eigenvalue weighted by molar-refractivity contribution is 1.35. The molecule has 1 heterocycles. The average molecular weight is 323 g/mol. The molecule has 0 saturated heterocycles. The van der Waals surface area contributed by atoms with E-state index in [4.69, 9.17) is 4.98 Å². The Kier molecular flexibility index (Phi) is 2.60. The Morgan fingerprint density at radius 2 is 1.60 bits per heavy atom. The van der Waals surface area contributed by atoms with Gasteiger partial charge in [0.05, 0.1) is 11.0 Å². The van der Waals surface area contributed by atoms with Crippen molar-refractivity contribution in [2.75, 3.05) is 0 Å². The van der Waals surface area contributed by atoms with Crippen molar-refractivity contribution in [1.29, 1.82) is 0 Å². The quantitative estimate of drug-likeness (QED) is 0.516. The van der Waals surface area contributed by atoms with Crippen molar-refractivity contribution in [3.05, 3.63) is 65.1 Å². The number of rotatable bonds is 1. The number of imidazole rings is 1. The van der Waals surface area contributed by atoms with E-state index in [1.54, 1.807) is 0 Å². The van der Waals surface area contributed by atoms with Crippen LogP contribution in [0.15, 0.2) is 65.1 Å². The number of benzene rings is 3. The van der Waals surface area contributed by atoms with Gasteiger partial charge in [-0.2, -0.15) is 0 Å². The molecule has 1 N–H and O–H groups in total. The standard InChI is InChI=1S/C17H11BrN2/c18-14-8-4-5-11-12(14)6-3-7-13(11)17-19-15-9-1-2-10-16(15)20-17/h1-10H,(H,19,20). The van der Waals surface area contributed by atoms with Gasteiger partial charge in [-0.3, -0.25) is 0 Å². The van der Waals surface area contributed by atoms with Gasteiger partial charge >= 0.3 is 0 Å². The molecule has 20 heavy (non-hydrogen) atoms. The predicted molar refractivity (Wildman–Crippen MR) is 86.7 cm³/mol. The van der Waals surface area contributed by atoms with Crippen LogP contribution in [0.25, 0.3) is 33.2 Å². The van der Waals surface area contributed by atoms with Crippen molar-refractivity contribution < 1.29 is 0 Å². The van der Waals surface area contributed by atoms with E-state index >= 15 is 0 Å². The van der Waals surface area contributed by atoms with Crippen LogP contribution in [-0.2, 0) is 0 Å². The lowest BCUT2D eigenvalue weighted by atomic mass is 10.0. The van der Waals surface area contributed by atoms with Gasteiger partial charge in [-0.1, -0.05) is 58.4 Å². The van der Waals surface area contributed by atoms with E-state index < -0.39 is 0 Å². The van der Waals surface area contributed by atoms with Crippen molar-refractivity contribution in [3.63, 3.8) is 0 Å². The lowest BCUT2D eigenvalue weighted by Crippen LogP contribution is -1.84. The van der Waals surface area contributed by atoms with E-state index in [1.807, 2.05) is 24.3 Å². The first-order chi connectivity index (χ1) is 9.83. The predicted octanol–water partition coefficient (Wildman–Crippen LogP) is 5.15. The third-order valence-corrected chi connectivity index (χ3v) is 4.20. The number of aromatic nitrogens is 2. The zero-order chi connectivity index (χ0) is 13.5. The van der Waals surface area contributed by atoms with E-state index in [2.05, 4.69) is 57.3 Å². The van der Waals surface area contributed by atoms with Gasteiger partial charge in [0.1, 0.15) is 5.82 Å². The van der Waals surface area contributed by atoms with Crippen molar-refractivity contribution in [2.45, 2.75) is 0 Å². The topological polar surface area (TPSA) is 28.7 Å². The number of hydrogen-bond acceptors (Lipinski definition) is 1. The maximum Gasteiger partial charge on any atom is 0.139 e. The lowest BCUT2D eigenvalue weighted by Gasteiger charge is -2.05. The van der Waals surface area contributed by atoms with Crippen LogP contribution in [0.5, 0.6) is 0 Å². The van der Waals surface area contributed by atoms with Crippen LogP contribution in [-0.4, -0.2) is 9.97 Å². The van der Waals surface area contributed by atoms with Crippen LogP contribution in [0, 0.1) is 0 Å². The Bertz CT molecular complexity index is 891. The number of nitrogens with one attached hydrogen (secondary N) is 1. The molecule has 0 atom stereocenters. The fourth-order valence-electron chi connectivity index (χ4n) is 2.56. The van der Waals surface area contributed by atoms with Crippen molar-refractivity contribution in [3.8, 4) is 11.4 Å². The second-order valence-electron chi connectivity index (χ2n) is 4.74. The highest BCUT2D eigenvalue weighted by atomic mass is 79.9. The normalized spacial score (nSPS) is 11.2. The molecule has 3 aromatic carbocycles. The van der Waals surface area contributed by atoms with E-state index in [-0.39, 0.29) is 0 Å². The monoisotopic (exact) mass is 322 g/mol. The van der Waals surface area contributed by atoms with E-state index in [9.17, 15) is 0 Å².